The van der Waals surface area contributed by atoms with Crippen molar-refractivity contribution in [1.82, 2.24) is 0 Å². The molecule has 0 heterocycles. The van der Waals surface area contributed by atoms with E-state index in [1.807, 2.05) is 13.0 Å². The summed E-state index contributed by atoms with van der Waals surface area (Å²) < 4.78 is 25.0. The van der Waals surface area contributed by atoms with Gasteiger partial charge in [0.25, 0.3) is 0 Å². The van der Waals surface area contributed by atoms with E-state index in [0.29, 0.717) is 10.8 Å². The lowest BCUT2D eigenvalue weighted by Crippen LogP contribution is -2.42. The lowest BCUT2D eigenvalue weighted by molar-refractivity contribution is 0.438. The zero-order chi connectivity index (χ0) is 13.0. The van der Waals surface area contributed by atoms with Crippen molar-refractivity contribution >= 4 is 9.84 Å². The van der Waals surface area contributed by atoms with E-state index in [1.165, 1.54) is 0 Å². The Morgan fingerprint density at radius 1 is 1.22 bits per heavy atom. The molecule has 1 aromatic carbocycles. The zero-order valence-electron chi connectivity index (χ0n) is 10.6. The number of sulfone groups is 1. The van der Waals surface area contributed by atoms with Crippen LogP contribution in [-0.4, -0.2) is 13.2 Å². The quantitative estimate of drug-likeness (QED) is 0.767. The molecule has 2 fully saturated rings. The van der Waals surface area contributed by atoms with Crippen LogP contribution in [0.25, 0.3) is 0 Å². The molecule has 2 aliphatic rings. The molecule has 0 spiro atoms. The van der Waals surface area contributed by atoms with E-state index >= 15 is 0 Å². The van der Waals surface area contributed by atoms with Crippen molar-refractivity contribution in [2.24, 2.45) is 11.8 Å². The van der Waals surface area contributed by atoms with E-state index < -0.39 is 14.6 Å². The smallest absolute Gasteiger partial charge is 0.187 e. The number of hydrogen-bond donors (Lipinski definition) is 0. The van der Waals surface area contributed by atoms with E-state index in [-0.39, 0.29) is 5.92 Å². The SMILES string of the molecule is C=C1[C@@H]2CC[C@@H](C2)[C@@]1(C)S(=O)(=O)c1ccccc1. The van der Waals surface area contributed by atoms with Crippen molar-refractivity contribution in [3.8, 4) is 0 Å². The molecule has 1 aromatic rings. The molecule has 2 nitrogen and oxygen atoms in total. The first kappa shape index (κ1) is 12.0. The number of benzene rings is 1. The first-order valence-corrected chi connectivity index (χ1v) is 7.95. The molecular weight excluding hydrogens is 244 g/mol. The summed E-state index contributed by atoms with van der Waals surface area (Å²) in [5.41, 5.74) is 0.933. The third-order valence-corrected chi connectivity index (χ3v) is 7.56. The molecular formula is C15H18O2S. The Kier molecular flexibility index (Phi) is 2.46. The fourth-order valence-electron chi connectivity index (χ4n) is 3.70. The van der Waals surface area contributed by atoms with Gasteiger partial charge >= 0.3 is 0 Å². The van der Waals surface area contributed by atoms with Gasteiger partial charge in [-0.25, -0.2) is 8.42 Å². The van der Waals surface area contributed by atoms with Gasteiger partial charge in [-0.3, -0.25) is 0 Å². The highest BCUT2D eigenvalue weighted by Gasteiger charge is 2.58. The Hall–Kier alpha value is -1.09. The van der Waals surface area contributed by atoms with Crippen LogP contribution in [0.4, 0.5) is 0 Å². The van der Waals surface area contributed by atoms with Crippen molar-refractivity contribution in [2.75, 3.05) is 0 Å². The summed E-state index contributed by atoms with van der Waals surface area (Å²) >= 11 is 0. The van der Waals surface area contributed by atoms with Crippen molar-refractivity contribution < 1.29 is 8.42 Å². The van der Waals surface area contributed by atoms with E-state index in [4.69, 9.17) is 0 Å². The van der Waals surface area contributed by atoms with Gasteiger partial charge in [-0.15, -0.1) is 0 Å². The Balaban J connectivity index is 2.13. The van der Waals surface area contributed by atoms with E-state index in [0.717, 1.165) is 24.8 Å². The second-order valence-corrected chi connectivity index (χ2v) is 7.98. The van der Waals surface area contributed by atoms with Gasteiger partial charge in [0, 0.05) is 0 Å². The highest BCUT2D eigenvalue weighted by Crippen LogP contribution is 2.58. The molecule has 2 bridgehead atoms. The predicted octanol–water partition coefficient (Wildman–Crippen LogP) is 3.21. The van der Waals surface area contributed by atoms with Crippen LogP contribution < -0.4 is 0 Å². The minimum Gasteiger partial charge on any atom is -0.223 e. The Morgan fingerprint density at radius 3 is 2.44 bits per heavy atom. The lowest BCUT2D eigenvalue weighted by Gasteiger charge is -2.35. The molecule has 0 aromatic heterocycles. The second-order valence-electron chi connectivity index (χ2n) is 5.66. The Bertz CT molecular complexity index is 588. The predicted molar refractivity (Wildman–Crippen MR) is 72.0 cm³/mol. The largest absolute Gasteiger partial charge is 0.223 e. The Morgan fingerprint density at radius 2 is 1.89 bits per heavy atom. The van der Waals surface area contributed by atoms with Crippen molar-refractivity contribution in [3.63, 3.8) is 0 Å². The van der Waals surface area contributed by atoms with Crippen molar-refractivity contribution in [2.45, 2.75) is 35.8 Å². The molecule has 0 unspecified atom stereocenters. The molecule has 3 rings (SSSR count). The molecule has 3 heteroatoms. The van der Waals surface area contributed by atoms with Gasteiger partial charge in [0.15, 0.2) is 9.84 Å². The van der Waals surface area contributed by atoms with Crippen molar-refractivity contribution in [1.29, 1.82) is 0 Å². The van der Waals surface area contributed by atoms with Gasteiger partial charge in [-0.1, -0.05) is 30.4 Å². The molecule has 2 aliphatic carbocycles. The summed E-state index contributed by atoms with van der Waals surface area (Å²) in [4.78, 5) is 0.432. The van der Waals surface area contributed by atoms with Gasteiger partial charge in [-0.2, -0.15) is 0 Å². The molecule has 18 heavy (non-hydrogen) atoms. The van der Waals surface area contributed by atoms with Crippen LogP contribution in [-0.2, 0) is 9.84 Å². The third kappa shape index (κ3) is 1.31. The summed E-state index contributed by atoms with van der Waals surface area (Å²) in [7, 11) is -3.32. The maximum Gasteiger partial charge on any atom is 0.187 e. The van der Waals surface area contributed by atoms with Crippen LogP contribution >= 0.6 is 0 Å². The highest BCUT2D eigenvalue weighted by atomic mass is 32.2. The van der Waals surface area contributed by atoms with Crippen LogP contribution in [0.2, 0.25) is 0 Å². The highest BCUT2D eigenvalue weighted by molar-refractivity contribution is 7.93. The molecule has 0 radical (unpaired) electrons. The normalized spacial score (nSPS) is 35.1. The standard InChI is InChI=1S/C15H18O2S/c1-11-12-8-9-13(10-12)15(11,2)18(16,17)14-6-4-3-5-7-14/h3-7,12-13H,1,8-10H2,2H3/t12-,13+,15+/m1/s1. The van der Waals surface area contributed by atoms with Crippen molar-refractivity contribution in [3.05, 3.63) is 42.5 Å². The molecule has 3 atom stereocenters. The van der Waals surface area contributed by atoms with Crippen LogP contribution in [0.15, 0.2) is 47.4 Å². The monoisotopic (exact) mass is 262 g/mol. The van der Waals surface area contributed by atoms with Crippen LogP contribution in [0.1, 0.15) is 26.2 Å². The van der Waals surface area contributed by atoms with Crippen LogP contribution in [0.3, 0.4) is 0 Å². The van der Waals surface area contributed by atoms with Gasteiger partial charge in [0.05, 0.1) is 9.64 Å². The minimum atomic E-state index is -3.32. The summed E-state index contributed by atoms with van der Waals surface area (Å²) in [5, 5.41) is 0. The minimum absolute atomic E-state index is 0.250. The third-order valence-electron chi connectivity index (χ3n) is 4.95. The van der Waals surface area contributed by atoms with Crippen LogP contribution in [0.5, 0.6) is 0 Å². The first-order valence-electron chi connectivity index (χ1n) is 6.47. The Labute approximate surface area is 109 Å². The molecule has 96 valence electrons. The molecule has 2 saturated carbocycles. The number of hydrogen-bond acceptors (Lipinski definition) is 2. The summed E-state index contributed by atoms with van der Waals surface area (Å²) in [6.45, 7) is 5.98. The van der Waals surface area contributed by atoms with Gasteiger partial charge in [-0.05, 0) is 50.2 Å². The average molecular weight is 262 g/mol. The summed E-state index contributed by atoms with van der Waals surface area (Å²) in [6, 6.07) is 8.80. The summed E-state index contributed by atoms with van der Waals surface area (Å²) in [5.74, 6) is 0.665. The molecule has 0 N–H and O–H groups in total. The molecule has 0 aliphatic heterocycles. The number of rotatable bonds is 2. The van der Waals surface area contributed by atoms with Gasteiger partial charge < -0.3 is 0 Å². The van der Waals surface area contributed by atoms with E-state index in [1.54, 1.807) is 24.3 Å². The fraction of sp³-hybridized carbons (Fsp3) is 0.467. The topological polar surface area (TPSA) is 34.1 Å². The van der Waals surface area contributed by atoms with Gasteiger partial charge in [0.2, 0.25) is 0 Å². The lowest BCUT2D eigenvalue weighted by atomic mass is 9.86. The molecule has 0 saturated heterocycles. The van der Waals surface area contributed by atoms with Gasteiger partial charge in [0.1, 0.15) is 0 Å². The maximum atomic E-state index is 12.9. The van der Waals surface area contributed by atoms with E-state index in [9.17, 15) is 8.42 Å². The average Bonchev–Trinajstić information content (AvgIpc) is 2.94. The fourth-order valence-corrected chi connectivity index (χ4v) is 5.87. The second kappa shape index (κ2) is 3.70. The first-order chi connectivity index (χ1) is 8.48. The maximum absolute atomic E-state index is 12.9. The zero-order valence-corrected chi connectivity index (χ0v) is 11.4. The van der Waals surface area contributed by atoms with E-state index in [2.05, 4.69) is 6.58 Å². The summed E-state index contributed by atoms with van der Waals surface area (Å²) in [6.07, 6.45) is 3.14. The van der Waals surface area contributed by atoms with Crippen LogP contribution in [0, 0.1) is 11.8 Å². The number of fused-ring (bicyclic) bond motifs is 2. The molecule has 0 amide bonds.